The number of carbonyl (C=O) groups is 2. The van der Waals surface area contributed by atoms with Crippen LogP contribution in [0.25, 0.3) is 4.96 Å². The quantitative estimate of drug-likeness (QED) is 0.693. The Balaban J connectivity index is 1.61. The van der Waals surface area contributed by atoms with Gasteiger partial charge in [0.1, 0.15) is 0 Å². The second-order valence-corrected chi connectivity index (χ2v) is 6.79. The molecule has 25 heavy (non-hydrogen) atoms. The third-order valence-electron chi connectivity index (χ3n) is 3.65. The number of amides is 1. The van der Waals surface area contributed by atoms with Crippen LogP contribution in [0.3, 0.4) is 0 Å². The zero-order valence-corrected chi connectivity index (χ0v) is 15.2. The summed E-state index contributed by atoms with van der Waals surface area (Å²) in [5.41, 5.74) is 2.24. The topological polar surface area (TPSA) is 72.7 Å². The molecule has 1 aromatic carbocycles. The number of hydrogen-bond donors (Lipinski definition) is 1. The summed E-state index contributed by atoms with van der Waals surface area (Å²) in [6.45, 7) is 3.88. The van der Waals surface area contributed by atoms with Crippen LogP contribution in [0.15, 0.2) is 35.8 Å². The molecule has 0 aliphatic carbocycles. The van der Waals surface area contributed by atoms with Gasteiger partial charge < -0.3 is 10.1 Å². The Morgan fingerprint density at radius 3 is 2.80 bits per heavy atom. The molecular weight excluding hydrogens is 362 g/mol. The fourth-order valence-electron chi connectivity index (χ4n) is 2.25. The van der Waals surface area contributed by atoms with E-state index < -0.39 is 12.1 Å². The number of ether oxygens (including phenoxy) is 1. The van der Waals surface area contributed by atoms with Gasteiger partial charge in [-0.3, -0.25) is 9.20 Å². The molecule has 0 unspecified atom stereocenters. The van der Waals surface area contributed by atoms with E-state index in [1.165, 1.54) is 18.3 Å². The molecule has 0 saturated carbocycles. The number of halogens is 1. The van der Waals surface area contributed by atoms with E-state index in [0.717, 1.165) is 11.1 Å². The first-order chi connectivity index (χ1) is 12.0. The molecule has 3 aromatic rings. The van der Waals surface area contributed by atoms with Crippen molar-refractivity contribution in [2.24, 2.45) is 0 Å². The monoisotopic (exact) mass is 377 g/mol. The summed E-state index contributed by atoms with van der Waals surface area (Å²) in [6, 6.07) is 7.81. The van der Waals surface area contributed by atoms with Crippen molar-refractivity contribution in [3.05, 3.63) is 57.8 Å². The summed E-state index contributed by atoms with van der Waals surface area (Å²) in [5.74, 6) is -1.06. The lowest BCUT2D eigenvalue weighted by Crippen LogP contribution is -2.35. The average Bonchev–Trinajstić information content (AvgIpc) is 3.13. The maximum Gasteiger partial charge on any atom is 0.359 e. The van der Waals surface area contributed by atoms with E-state index in [0.29, 0.717) is 11.5 Å². The molecule has 1 amide bonds. The highest BCUT2D eigenvalue weighted by molar-refractivity contribution is 7.15. The number of fused-ring (bicyclic) bond motifs is 1. The largest absolute Gasteiger partial charge is 0.448 e. The minimum Gasteiger partial charge on any atom is -0.448 e. The highest BCUT2D eigenvalue weighted by atomic mass is 35.5. The van der Waals surface area contributed by atoms with Gasteiger partial charge in [-0.2, -0.15) is 0 Å². The van der Waals surface area contributed by atoms with Crippen molar-refractivity contribution in [2.45, 2.75) is 26.5 Å². The third kappa shape index (κ3) is 3.83. The van der Waals surface area contributed by atoms with Crippen molar-refractivity contribution >= 4 is 39.8 Å². The number of imidazole rings is 1. The van der Waals surface area contributed by atoms with Crippen LogP contribution >= 0.6 is 22.9 Å². The predicted octanol–water partition coefficient (Wildman–Crippen LogP) is 3.22. The van der Waals surface area contributed by atoms with Crippen LogP contribution in [0.5, 0.6) is 0 Å². The molecule has 2 heterocycles. The minimum absolute atomic E-state index is 0.0594. The molecular formula is C17H16ClN3O3S. The van der Waals surface area contributed by atoms with Gasteiger partial charge in [-0.05, 0) is 19.4 Å². The SMILES string of the molecule is Cc1ccc(CNC(=O)[C@H](C)OC(=O)c2c(Cl)nc3sccn23)cc1. The number of hydrogen-bond acceptors (Lipinski definition) is 5. The number of thiazole rings is 1. The fourth-order valence-corrected chi connectivity index (χ4v) is 3.26. The lowest BCUT2D eigenvalue weighted by Gasteiger charge is -2.13. The van der Waals surface area contributed by atoms with Crippen LogP contribution in [0, 0.1) is 6.92 Å². The van der Waals surface area contributed by atoms with E-state index >= 15 is 0 Å². The maximum atomic E-state index is 12.3. The van der Waals surface area contributed by atoms with Gasteiger partial charge in [0.25, 0.3) is 5.91 Å². The molecule has 2 aromatic heterocycles. The lowest BCUT2D eigenvalue weighted by molar-refractivity contribution is -0.129. The molecule has 0 spiro atoms. The normalized spacial score (nSPS) is 12.1. The van der Waals surface area contributed by atoms with Gasteiger partial charge in [0.2, 0.25) is 0 Å². The van der Waals surface area contributed by atoms with Gasteiger partial charge >= 0.3 is 5.97 Å². The first-order valence-corrected chi connectivity index (χ1v) is 8.86. The molecule has 1 N–H and O–H groups in total. The van der Waals surface area contributed by atoms with Crippen LogP contribution in [-0.4, -0.2) is 27.4 Å². The smallest absolute Gasteiger partial charge is 0.359 e. The number of esters is 1. The number of rotatable bonds is 5. The summed E-state index contributed by atoms with van der Waals surface area (Å²) in [7, 11) is 0. The summed E-state index contributed by atoms with van der Waals surface area (Å²) in [5, 5.41) is 4.59. The zero-order valence-electron chi connectivity index (χ0n) is 13.7. The first-order valence-electron chi connectivity index (χ1n) is 7.61. The van der Waals surface area contributed by atoms with E-state index in [2.05, 4.69) is 10.3 Å². The number of aromatic nitrogens is 2. The maximum absolute atomic E-state index is 12.3. The molecule has 0 saturated heterocycles. The second kappa shape index (κ2) is 7.25. The molecule has 6 nitrogen and oxygen atoms in total. The van der Waals surface area contributed by atoms with Gasteiger partial charge in [-0.1, -0.05) is 41.4 Å². The Hall–Kier alpha value is -2.38. The highest BCUT2D eigenvalue weighted by Crippen LogP contribution is 2.22. The number of benzene rings is 1. The lowest BCUT2D eigenvalue weighted by atomic mass is 10.1. The molecule has 0 aliphatic heterocycles. The second-order valence-electron chi connectivity index (χ2n) is 5.56. The Kier molecular flexibility index (Phi) is 5.06. The van der Waals surface area contributed by atoms with E-state index in [9.17, 15) is 9.59 Å². The number of nitrogens with one attached hydrogen (secondary N) is 1. The van der Waals surface area contributed by atoms with E-state index in [-0.39, 0.29) is 16.8 Å². The Morgan fingerprint density at radius 1 is 1.36 bits per heavy atom. The van der Waals surface area contributed by atoms with Crippen molar-refractivity contribution < 1.29 is 14.3 Å². The molecule has 0 aliphatic rings. The summed E-state index contributed by atoms with van der Waals surface area (Å²) in [6.07, 6.45) is 0.732. The van der Waals surface area contributed by atoms with Crippen molar-refractivity contribution in [3.8, 4) is 0 Å². The van der Waals surface area contributed by atoms with Crippen molar-refractivity contribution in [3.63, 3.8) is 0 Å². The molecule has 0 fully saturated rings. The van der Waals surface area contributed by atoms with Gasteiger partial charge in [0, 0.05) is 18.1 Å². The van der Waals surface area contributed by atoms with Gasteiger partial charge in [0.15, 0.2) is 21.9 Å². The Bertz CT molecular complexity index is 917. The van der Waals surface area contributed by atoms with Crippen LogP contribution in [-0.2, 0) is 16.1 Å². The van der Waals surface area contributed by atoms with Crippen LogP contribution in [0.1, 0.15) is 28.5 Å². The standard InChI is InChI=1S/C17H16ClN3O3S/c1-10-3-5-12(6-4-10)9-19-15(22)11(2)24-16(23)13-14(18)20-17-21(13)7-8-25-17/h3-8,11H,9H2,1-2H3,(H,19,22)/t11-/m0/s1. The summed E-state index contributed by atoms with van der Waals surface area (Å²) in [4.78, 5) is 29.1. The van der Waals surface area contributed by atoms with Crippen molar-refractivity contribution in [2.75, 3.05) is 0 Å². The molecule has 1 atom stereocenters. The zero-order chi connectivity index (χ0) is 18.0. The third-order valence-corrected chi connectivity index (χ3v) is 4.67. The highest BCUT2D eigenvalue weighted by Gasteiger charge is 2.24. The van der Waals surface area contributed by atoms with Crippen molar-refractivity contribution in [1.82, 2.24) is 14.7 Å². The average molecular weight is 378 g/mol. The van der Waals surface area contributed by atoms with Crippen LogP contribution < -0.4 is 5.32 Å². The molecule has 3 rings (SSSR count). The first kappa shape index (κ1) is 17.4. The van der Waals surface area contributed by atoms with Crippen LogP contribution in [0.2, 0.25) is 5.15 Å². The van der Waals surface area contributed by atoms with Gasteiger partial charge in [0.05, 0.1) is 0 Å². The molecule has 130 valence electrons. The molecule has 0 radical (unpaired) electrons. The predicted molar refractivity (Wildman–Crippen MR) is 96.0 cm³/mol. The summed E-state index contributed by atoms with van der Waals surface area (Å²) >= 11 is 7.35. The van der Waals surface area contributed by atoms with E-state index in [4.69, 9.17) is 16.3 Å². The number of carbonyl (C=O) groups excluding carboxylic acids is 2. The van der Waals surface area contributed by atoms with Gasteiger partial charge in [-0.25, -0.2) is 9.78 Å². The Labute approximate surface area is 153 Å². The number of aryl methyl sites for hydroxylation is 1. The summed E-state index contributed by atoms with van der Waals surface area (Å²) < 4.78 is 6.78. The van der Waals surface area contributed by atoms with E-state index in [1.54, 1.807) is 16.0 Å². The fraction of sp³-hybridized carbons (Fsp3) is 0.235. The van der Waals surface area contributed by atoms with E-state index in [1.807, 2.05) is 31.2 Å². The van der Waals surface area contributed by atoms with Crippen molar-refractivity contribution in [1.29, 1.82) is 0 Å². The van der Waals surface area contributed by atoms with Crippen LogP contribution in [0.4, 0.5) is 0 Å². The van der Waals surface area contributed by atoms with Gasteiger partial charge in [-0.15, -0.1) is 11.3 Å². The molecule has 8 heteroatoms. The molecule has 0 bridgehead atoms. The number of nitrogens with zero attached hydrogens (tertiary/aromatic N) is 2. The Morgan fingerprint density at radius 2 is 2.08 bits per heavy atom. The minimum atomic E-state index is -0.946.